The number of hydrogen-bond acceptors (Lipinski definition) is 4. The zero-order valence-corrected chi connectivity index (χ0v) is 13.6. The highest BCUT2D eigenvalue weighted by atomic mass is 35.5. The predicted molar refractivity (Wildman–Crippen MR) is 85.3 cm³/mol. The molecule has 0 radical (unpaired) electrons. The summed E-state index contributed by atoms with van der Waals surface area (Å²) in [5, 5.41) is 0.661. The third-order valence-corrected chi connectivity index (χ3v) is 3.29. The van der Waals surface area contributed by atoms with Gasteiger partial charge in [-0.2, -0.15) is 0 Å². The van der Waals surface area contributed by atoms with Crippen LogP contribution in [0.25, 0.3) is 0 Å². The Balaban J connectivity index is 2.78. The number of carbonyl (C=O) groups is 1. The SMILES string of the molecule is COCC(N)C(=O)N(CCN(C)C)Cc1cccc(Cl)c1. The van der Waals surface area contributed by atoms with Crippen molar-refractivity contribution in [3.05, 3.63) is 34.9 Å². The molecule has 1 aromatic carbocycles. The minimum atomic E-state index is -0.642. The summed E-state index contributed by atoms with van der Waals surface area (Å²) >= 11 is 5.99. The minimum Gasteiger partial charge on any atom is -0.383 e. The number of carbonyl (C=O) groups excluding carboxylic acids is 1. The molecule has 0 heterocycles. The Morgan fingerprint density at radius 2 is 2.10 bits per heavy atom. The van der Waals surface area contributed by atoms with Gasteiger partial charge in [0.2, 0.25) is 5.91 Å². The van der Waals surface area contributed by atoms with E-state index in [4.69, 9.17) is 22.1 Å². The second kappa shape index (κ2) is 9.00. The molecule has 21 heavy (non-hydrogen) atoms. The van der Waals surface area contributed by atoms with Crippen LogP contribution in [0.4, 0.5) is 0 Å². The van der Waals surface area contributed by atoms with Crippen LogP contribution in [0.5, 0.6) is 0 Å². The van der Waals surface area contributed by atoms with Crippen LogP contribution in [0.15, 0.2) is 24.3 Å². The van der Waals surface area contributed by atoms with E-state index in [9.17, 15) is 4.79 Å². The van der Waals surface area contributed by atoms with Gasteiger partial charge in [0.25, 0.3) is 0 Å². The highest BCUT2D eigenvalue weighted by molar-refractivity contribution is 6.30. The van der Waals surface area contributed by atoms with Crippen LogP contribution in [-0.4, -0.2) is 62.7 Å². The molecule has 118 valence electrons. The first-order valence-corrected chi connectivity index (χ1v) is 7.24. The molecule has 0 spiro atoms. The Bertz CT molecular complexity index is 454. The maximum Gasteiger partial charge on any atom is 0.242 e. The Kier molecular flexibility index (Phi) is 7.67. The fourth-order valence-electron chi connectivity index (χ4n) is 1.93. The van der Waals surface area contributed by atoms with Crippen molar-refractivity contribution in [1.29, 1.82) is 0 Å². The molecule has 2 N–H and O–H groups in total. The Labute approximate surface area is 131 Å². The number of halogens is 1. The number of benzene rings is 1. The third-order valence-electron chi connectivity index (χ3n) is 3.05. The lowest BCUT2D eigenvalue weighted by atomic mass is 10.2. The molecule has 0 saturated heterocycles. The van der Waals surface area contributed by atoms with Crippen molar-refractivity contribution in [2.75, 3.05) is 40.9 Å². The van der Waals surface area contributed by atoms with E-state index in [1.165, 1.54) is 7.11 Å². The molecule has 0 fully saturated rings. The Hall–Kier alpha value is -1.14. The molecule has 1 aromatic rings. The van der Waals surface area contributed by atoms with E-state index in [1.54, 1.807) is 4.90 Å². The quantitative estimate of drug-likeness (QED) is 0.783. The zero-order valence-electron chi connectivity index (χ0n) is 12.9. The van der Waals surface area contributed by atoms with Gasteiger partial charge in [-0.1, -0.05) is 23.7 Å². The highest BCUT2D eigenvalue weighted by Crippen LogP contribution is 2.13. The second-order valence-electron chi connectivity index (χ2n) is 5.25. The lowest BCUT2D eigenvalue weighted by Crippen LogP contribution is -2.47. The van der Waals surface area contributed by atoms with Crippen LogP contribution >= 0.6 is 11.6 Å². The first-order valence-electron chi connectivity index (χ1n) is 6.86. The average molecular weight is 314 g/mol. The van der Waals surface area contributed by atoms with E-state index in [0.29, 0.717) is 18.1 Å². The summed E-state index contributed by atoms with van der Waals surface area (Å²) in [6.07, 6.45) is 0. The first-order chi connectivity index (χ1) is 9.93. The van der Waals surface area contributed by atoms with Gasteiger partial charge in [0.15, 0.2) is 0 Å². The molecule has 1 amide bonds. The van der Waals surface area contributed by atoms with Gasteiger partial charge in [-0.05, 0) is 31.8 Å². The summed E-state index contributed by atoms with van der Waals surface area (Å²) < 4.78 is 4.97. The summed E-state index contributed by atoms with van der Waals surface area (Å²) in [7, 11) is 5.47. The van der Waals surface area contributed by atoms with Crippen molar-refractivity contribution in [2.24, 2.45) is 5.73 Å². The van der Waals surface area contributed by atoms with Gasteiger partial charge in [0.05, 0.1) is 6.61 Å². The van der Waals surface area contributed by atoms with Crippen LogP contribution in [0.2, 0.25) is 5.02 Å². The predicted octanol–water partition coefficient (Wildman–Crippen LogP) is 1.20. The fraction of sp³-hybridized carbons (Fsp3) is 0.533. The highest BCUT2D eigenvalue weighted by Gasteiger charge is 2.21. The van der Waals surface area contributed by atoms with Crippen LogP contribution in [-0.2, 0) is 16.1 Å². The maximum absolute atomic E-state index is 12.4. The van der Waals surface area contributed by atoms with Crippen molar-refractivity contribution >= 4 is 17.5 Å². The molecule has 1 atom stereocenters. The number of hydrogen-bond donors (Lipinski definition) is 1. The molecule has 0 bridgehead atoms. The second-order valence-corrected chi connectivity index (χ2v) is 5.69. The number of rotatable bonds is 8. The van der Waals surface area contributed by atoms with E-state index < -0.39 is 6.04 Å². The van der Waals surface area contributed by atoms with Gasteiger partial charge < -0.3 is 20.3 Å². The average Bonchev–Trinajstić information content (AvgIpc) is 2.42. The number of likely N-dealkylation sites (N-methyl/N-ethyl adjacent to an activating group) is 1. The van der Waals surface area contributed by atoms with Gasteiger partial charge >= 0.3 is 0 Å². The molecular weight excluding hydrogens is 290 g/mol. The third kappa shape index (κ3) is 6.44. The summed E-state index contributed by atoms with van der Waals surface area (Å²) in [6.45, 7) is 2.08. The van der Waals surface area contributed by atoms with E-state index in [0.717, 1.165) is 12.1 Å². The smallest absolute Gasteiger partial charge is 0.242 e. The largest absolute Gasteiger partial charge is 0.383 e. The summed E-state index contributed by atoms with van der Waals surface area (Å²) in [4.78, 5) is 16.2. The molecule has 0 aliphatic rings. The van der Waals surface area contributed by atoms with Gasteiger partial charge in [-0.25, -0.2) is 0 Å². The van der Waals surface area contributed by atoms with Crippen LogP contribution in [0.3, 0.4) is 0 Å². The van der Waals surface area contributed by atoms with Gasteiger partial charge in [-0.15, -0.1) is 0 Å². The topological polar surface area (TPSA) is 58.8 Å². The number of nitrogens with zero attached hydrogens (tertiary/aromatic N) is 2. The zero-order chi connectivity index (χ0) is 15.8. The summed E-state index contributed by atoms with van der Waals surface area (Å²) in [6, 6.07) is 6.86. The number of methoxy groups -OCH3 is 1. The molecular formula is C15H24ClN3O2. The number of nitrogens with two attached hydrogens (primary N) is 1. The van der Waals surface area contributed by atoms with Gasteiger partial charge in [0, 0.05) is 31.8 Å². The summed E-state index contributed by atoms with van der Waals surface area (Å²) in [5.41, 5.74) is 6.85. The number of ether oxygens (including phenoxy) is 1. The lowest BCUT2D eigenvalue weighted by Gasteiger charge is -2.27. The van der Waals surface area contributed by atoms with E-state index in [-0.39, 0.29) is 12.5 Å². The first kappa shape index (κ1) is 17.9. The molecule has 0 aliphatic carbocycles. The lowest BCUT2D eigenvalue weighted by molar-refractivity contribution is -0.134. The van der Waals surface area contributed by atoms with E-state index >= 15 is 0 Å². The van der Waals surface area contributed by atoms with Crippen molar-refractivity contribution in [1.82, 2.24) is 9.80 Å². The Morgan fingerprint density at radius 3 is 2.67 bits per heavy atom. The fourth-order valence-corrected chi connectivity index (χ4v) is 2.14. The standard InChI is InChI=1S/C15H24ClN3O2/c1-18(2)7-8-19(15(20)14(17)11-21-3)10-12-5-4-6-13(16)9-12/h4-6,9,14H,7-8,10-11,17H2,1-3H3. The summed E-state index contributed by atoms with van der Waals surface area (Å²) in [5.74, 6) is -0.112. The van der Waals surface area contributed by atoms with Crippen LogP contribution in [0, 0.1) is 0 Å². The molecule has 0 saturated carbocycles. The molecule has 5 nitrogen and oxygen atoms in total. The minimum absolute atomic E-state index is 0.112. The monoisotopic (exact) mass is 313 g/mol. The van der Waals surface area contributed by atoms with Crippen molar-refractivity contribution < 1.29 is 9.53 Å². The van der Waals surface area contributed by atoms with Crippen LogP contribution < -0.4 is 5.73 Å². The van der Waals surface area contributed by atoms with E-state index in [2.05, 4.69) is 0 Å². The molecule has 0 aliphatic heterocycles. The van der Waals surface area contributed by atoms with Gasteiger partial charge in [0.1, 0.15) is 6.04 Å². The molecule has 0 aromatic heterocycles. The molecule has 1 rings (SSSR count). The normalized spacial score (nSPS) is 12.5. The van der Waals surface area contributed by atoms with Crippen molar-refractivity contribution in [3.63, 3.8) is 0 Å². The maximum atomic E-state index is 12.4. The molecule has 6 heteroatoms. The Morgan fingerprint density at radius 1 is 1.38 bits per heavy atom. The van der Waals surface area contributed by atoms with Crippen LogP contribution in [0.1, 0.15) is 5.56 Å². The number of amides is 1. The molecule has 1 unspecified atom stereocenters. The van der Waals surface area contributed by atoms with E-state index in [1.807, 2.05) is 43.3 Å². The van der Waals surface area contributed by atoms with Crippen molar-refractivity contribution in [3.8, 4) is 0 Å². The van der Waals surface area contributed by atoms with Crippen molar-refractivity contribution in [2.45, 2.75) is 12.6 Å². The van der Waals surface area contributed by atoms with Gasteiger partial charge in [-0.3, -0.25) is 4.79 Å².